The molecule has 0 aromatic heterocycles. The van der Waals surface area contributed by atoms with Crippen molar-refractivity contribution >= 4 is 0 Å². The van der Waals surface area contributed by atoms with Crippen molar-refractivity contribution in [3.8, 4) is 22.6 Å². The third-order valence-electron chi connectivity index (χ3n) is 7.63. The minimum absolute atomic E-state index is 0.0935. The lowest BCUT2D eigenvalue weighted by molar-refractivity contribution is 0.166. The van der Waals surface area contributed by atoms with Crippen molar-refractivity contribution in [2.75, 3.05) is 13.2 Å². The van der Waals surface area contributed by atoms with Crippen molar-refractivity contribution < 1.29 is 32.1 Å². The molecule has 3 aromatic rings. The van der Waals surface area contributed by atoms with Gasteiger partial charge in [-0.1, -0.05) is 55.8 Å². The number of aliphatic hydroxyl groups is 1. The zero-order valence-corrected chi connectivity index (χ0v) is 22.8. The van der Waals surface area contributed by atoms with Crippen LogP contribution in [0.4, 0.5) is 17.6 Å². The molecule has 1 fully saturated rings. The third-order valence-corrected chi connectivity index (χ3v) is 7.63. The first-order valence-electron chi connectivity index (χ1n) is 13.9. The van der Waals surface area contributed by atoms with E-state index in [0.717, 1.165) is 12.0 Å². The summed E-state index contributed by atoms with van der Waals surface area (Å²) in [5.74, 6) is -4.27. The minimum Gasteiger partial charge on any atom is -0.490 e. The van der Waals surface area contributed by atoms with Crippen molar-refractivity contribution in [2.45, 2.75) is 63.9 Å². The number of hydrogen-bond acceptors (Lipinski definition) is 3. The Bertz CT molecular complexity index is 1280. The number of benzene rings is 3. The lowest BCUT2D eigenvalue weighted by Gasteiger charge is -2.29. The zero-order valence-electron chi connectivity index (χ0n) is 22.8. The Balaban J connectivity index is 1.34. The van der Waals surface area contributed by atoms with Gasteiger partial charge in [-0.05, 0) is 79.2 Å². The highest BCUT2D eigenvalue weighted by molar-refractivity contribution is 5.65. The van der Waals surface area contributed by atoms with E-state index in [2.05, 4.69) is 6.58 Å². The Kier molecular flexibility index (Phi) is 10.3. The largest absolute Gasteiger partial charge is 0.490 e. The lowest BCUT2D eigenvalue weighted by atomic mass is 9.78. The molecule has 3 aromatic carbocycles. The van der Waals surface area contributed by atoms with Crippen LogP contribution in [0.2, 0.25) is 0 Å². The second-order valence-corrected chi connectivity index (χ2v) is 10.4. The Morgan fingerprint density at radius 1 is 0.850 bits per heavy atom. The van der Waals surface area contributed by atoms with E-state index in [0.29, 0.717) is 49.7 Å². The van der Waals surface area contributed by atoms with Gasteiger partial charge in [-0.25, -0.2) is 8.78 Å². The van der Waals surface area contributed by atoms with Crippen molar-refractivity contribution in [3.05, 3.63) is 95.6 Å². The molecule has 0 aliphatic heterocycles. The van der Waals surface area contributed by atoms with Crippen LogP contribution in [-0.4, -0.2) is 18.3 Å². The molecule has 0 bridgehead atoms. The molecule has 1 unspecified atom stereocenters. The normalized spacial score (nSPS) is 17.9. The molecule has 0 radical (unpaired) electrons. The van der Waals surface area contributed by atoms with E-state index in [1.54, 1.807) is 42.5 Å². The molecule has 0 saturated heterocycles. The highest BCUT2D eigenvalue weighted by atomic mass is 19.2. The maximum Gasteiger partial charge on any atom is 0.204 e. The Labute approximate surface area is 233 Å². The van der Waals surface area contributed by atoms with Gasteiger partial charge in [0.25, 0.3) is 0 Å². The molecule has 214 valence electrons. The first-order valence-corrected chi connectivity index (χ1v) is 13.9. The number of ether oxygens (including phenoxy) is 2. The molecule has 0 amide bonds. The van der Waals surface area contributed by atoms with Gasteiger partial charge < -0.3 is 14.6 Å². The fraction of sp³-hybridized carbons (Fsp3) is 0.394. The third kappa shape index (κ3) is 6.87. The number of rotatable bonds is 12. The second kappa shape index (κ2) is 13.8. The van der Waals surface area contributed by atoms with Crippen LogP contribution in [0.25, 0.3) is 11.1 Å². The fourth-order valence-electron chi connectivity index (χ4n) is 5.26. The van der Waals surface area contributed by atoms with Crippen molar-refractivity contribution in [3.63, 3.8) is 0 Å². The van der Waals surface area contributed by atoms with Crippen LogP contribution < -0.4 is 9.47 Å². The lowest BCUT2D eigenvalue weighted by Crippen LogP contribution is -2.20. The van der Waals surface area contributed by atoms with Crippen molar-refractivity contribution in [1.29, 1.82) is 0 Å². The molecule has 1 saturated carbocycles. The van der Waals surface area contributed by atoms with Gasteiger partial charge in [0.15, 0.2) is 23.1 Å². The summed E-state index contributed by atoms with van der Waals surface area (Å²) in [6, 6.07) is 12.9. The van der Waals surface area contributed by atoms with Crippen LogP contribution in [0, 0.1) is 29.2 Å². The summed E-state index contributed by atoms with van der Waals surface area (Å²) < 4.78 is 69.9. The van der Waals surface area contributed by atoms with Crippen LogP contribution in [0.15, 0.2) is 61.2 Å². The van der Waals surface area contributed by atoms with Gasteiger partial charge >= 0.3 is 0 Å². The molecule has 1 atom stereocenters. The maximum atomic E-state index is 15.2. The van der Waals surface area contributed by atoms with Crippen molar-refractivity contribution in [2.24, 2.45) is 5.92 Å². The molecule has 1 aliphatic rings. The number of aliphatic hydroxyl groups excluding tert-OH is 1. The minimum atomic E-state index is -1.09. The first kappa shape index (κ1) is 29.7. The molecule has 0 spiro atoms. The fourth-order valence-corrected chi connectivity index (χ4v) is 5.26. The van der Waals surface area contributed by atoms with E-state index in [9.17, 15) is 13.9 Å². The summed E-state index contributed by atoms with van der Waals surface area (Å²) in [4.78, 5) is 0. The van der Waals surface area contributed by atoms with Crippen LogP contribution in [-0.2, 0) is 0 Å². The number of hydrogen-bond donors (Lipinski definition) is 1. The second-order valence-electron chi connectivity index (χ2n) is 10.4. The van der Waals surface area contributed by atoms with E-state index in [1.165, 1.54) is 12.1 Å². The van der Waals surface area contributed by atoms with Gasteiger partial charge in [0.2, 0.25) is 11.6 Å². The molecular weight excluding hydrogens is 520 g/mol. The van der Waals surface area contributed by atoms with E-state index in [4.69, 9.17) is 9.47 Å². The Morgan fingerprint density at radius 2 is 1.50 bits per heavy atom. The maximum absolute atomic E-state index is 15.2. The Morgan fingerprint density at radius 3 is 2.12 bits per heavy atom. The molecule has 4 rings (SSSR count). The van der Waals surface area contributed by atoms with Crippen LogP contribution in [0.3, 0.4) is 0 Å². The summed E-state index contributed by atoms with van der Waals surface area (Å²) in [5, 5.41) is 10.2. The summed E-state index contributed by atoms with van der Waals surface area (Å²) >= 11 is 0. The summed E-state index contributed by atoms with van der Waals surface area (Å²) in [5.41, 5.74) is 1.85. The average molecular weight is 557 g/mol. The predicted molar refractivity (Wildman–Crippen MR) is 149 cm³/mol. The molecule has 7 heteroatoms. The summed E-state index contributed by atoms with van der Waals surface area (Å²) in [7, 11) is 0. The van der Waals surface area contributed by atoms with Gasteiger partial charge in [-0.3, -0.25) is 0 Å². The smallest absolute Gasteiger partial charge is 0.204 e. The molecular formula is C33H36F4O3. The highest BCUT2D eigenvalue weighted by Crippen LogP contribution is 2.39. The van der Waals surface area contributed by atoms with Gasteiger partial charge in [0.05, 0.1) is 19.3 Å². The van der Waals surface area contributed by atoms with Gasteiger partial charge in [-0.2, -0.15) is 8.78 Å². The van der Waals surface area contributed by atoms with Crippen LogP contribution in [0.1, 0.15) is 75.0 Å². The van der Waals surface area contributed by atoms with Gasteiger partial charge in [0.1, 0.15) is 0 Å². The predicted octanol–water partition coefficient (Wildman–Crippen LogP) is 9.05. The molecule has 0 heterocycles. The zero-order chi connectivity index (χ0) is 28.6. The molecule has 40 heavy (non-hydrogen) atoms. The standard InChI is InChI=1S/C33H36F4O3/c1-3-5-19-39-28-17-18-29(33(37)32(28)36)40-20-21-7-9-22(10-8-21)25-15-16-26(31(35)30(25)34)23-11-13-24(14-12-23)27(38)6-4-2/h3,11-18,21-22,27,38H,1,4-10,19-20H2,2H3. The molecule has 1 aliphatic carbocycles. The van der Waals surface area contributed by atoms with Crippen LogP contribution >= 0.6 is 0 Å². The van der Waals surface area contributed by atoms with Crippen LogP contribution in [0.5, 0.6) is 11.5 Å². The van der Waals surface area contributed by atoms with Gasteiger partial charge in [0, 0.05) is 5.56 Å². The summed E-state index contributed by atoms with van der Waals surface area (Å²) in [6.07, 6.45) is 5.73. The number of halogens is 4. The molecule has 1 N–H and O–H groups in total. The summed E-state index contributed by atoms with van der Waals surface area (Å²) in [6.45, 7) is 5.96. The average Bonchev–Trinajstić information content (AvgIpc) is 2.97. The van der Waals surface area contributed by atoms with E-state index in [1.807, 2.05) is 6.92 Å². The van der Waals surface area contributed by atoms with Crippen molar-refractivity contribution in [1.82, 2.24) is 0 Å². The highest BCUT2D eigenvalue weighted by Gasteiger charge is 2.27. The van der Waals surface area contributed by atoms with E-state index >= 15 is 8.78 Å². The monoisotopic (exact) mass is 556 g/mol. The van der Waals surface area contributed by atoms with E-state index in [-0.39, 0.29) is 42.1 Å². The first-order chi connectivity index (χ1) is 19.3. The van der Waals surface area contributed by atoms with E-state index < -0.39 is 29.4 Å². The SMILES string of the molecule is C=CCCOc1ccc(OCC2CCC(c3ccc(-c4ccc(C(O)CCC)cc4)c(F)c3F)CC2)c(F)c1F. The topological polar surface area (TPSA) is 38.7 Å². The Hall–Kier alpha value is -3.32. The molecule has 3 nitrogen and oxygen atoms in total. The quantitative estimate of drug-likeness (QED) is 0.137. The van der Waals surface area contributed by atoms with Gasteiger partial charge in [-0.15, -0.1) is 6.58 Å².